The smallest absolute Gasteiger partial charge is 0.103 e. The lowest BCUT2D eigenvalue weighted by molar-refractivity contribution is 0.227. The highest BCUT2D eigenvalue weighted by molar-refractivity contribution is 5.26. The Morgan fingerprint density at radius 3 is 0.970 bits per heavy atom. The molecule has 0 N–H and O–H groups in total. The summed E-state index contributed by atoms with van der Waals surface area (Å²) in [6.45, 7) is 4.60. The van der Waals surface area contributed by atoms with Crippen LogP contribution in [0.5, 0.6) is 0 Å². The van der Waals surface area contributed by atoms with Crippen LogP contribution < -0.4 is 0 Å². The molecule has 1 nitrogen and oxygen atoms in total. The molecule has 0 saturated carbocycles. The molecule has 0 aromatic carbocycles. The van der Waals surface area contributed by atoms with Gasteiger partial charge in [-0.05, 0) is 49.7 Å². The molecule has 0 saturated heterocycles. The van der Waals surface area contributed by atoms with Gasteiger partial charge in [0.05, 0.1) is 0 Å². The molecule has 0 aromatic rings. The van der Waals surface area contributed by atoms with E-state index in [4.69, 9.17) is 4.74 Å². The van der Waals surface area contributed by atoms with Crippen LogP contribution in [0, 0.1) is 0 Å². The molecule has 0 atom stereocenters. The molecule has 0 radical (unpaired) electrons. The van der Waals surface area contributed by atoms with Crippen LogP contribution in [0.15, 0.2) is 22.7 Å². The lowest BCUT2D eigenvalue weighted by atomic mass is 9.89. The van der Waals surface area contributed by atoms with Gasteiger partial charge in [0, 0.05) is 12.8 Å². The molecule has 0 aliphatic heterocycles. The number of rotatable bonds is 24. The van der Waals surface area contributed by atoms with Gasteiger partial charge in [-0.15, -0.1) is 0 Å². The number of hydrogen-bond acceptors (Lipinski definition) is 1. The second-order valence-electron chi connectivity index (χ2n) is 11.0. The fourth-order valence-electron chi connectivity index (χ4n) is 5.38. The van der Waals surface area contributed by atoms with E-state index >= 15 is 0 Å². The Morgan fingerprint density at radius 1 is 0.394 bits per heavy atom. The molecular formula is C32H58O. The van der Waals surface area contributed by atoms with Crippen molar-refractivity contribution < 1.29 is 4.74 Å². The van der Waals surface area contributed by atoms with E-state index in [1.165, 1.54) is 178 Å². The van der Waals surface area contributed by atoms with Crippen LogP contribution in [0.1, 0.15) is 181 Å². The molecule has 1 heteroatoms. The van der Waals surface area contributed by atoms with E-state index in [1.54, 1.807) is 11.1 Å². The van der Waals surface area contributed by atoms with Gasteiger partial charge < -0.3 is 4.74 Å². The summed E-state index contributed by atoms with van der Waals surface area (Å²) >= 11 is 0. The van der Waals surface area contributed by atoms with Crippen LogP contribution in [0.3, 0.4) is 0 Å². The summed E-state index contributed by atoms with van der Waals surface area (Å²) in [5.74, 6) is 2.72. The molecule has 0 heterocycles. The summed E-state index contributed by atoms with van der Waals surface area (Å²) in [6, 6.07) is 0. The average Bonchev–Trinajstić information content (AvgIpc) is 2.79. The average molecular weight is 459 g/mol. The molecule has 2 rings (SSSR count). The van der Waals surface area contributed by atoms with Crippen LogP contribution in [0.4, 0.5) is 0 Å². The first-order chi connectivity index (χ1) is 16.3. The van der Waals surface area contributed by atoms with Gasteiger partial charge in [-0.2, -0.15) is 0 Å². The third-order valence-corrected chi connectivity index (χ3v) is 8.01. The molecular weight excluding hydrogens is 400 g/mol. The van der Waals surface area contributed by atoms with Gasteiger partial charge in [0.2, 0.25) is 0 Å². The third-order valence-electron chi connectivity index (χ3n) is 8.01. The molecule has 2 aliphatic carbocycles. The number of unbranched alkanes of at least 4 members (excludes halogenated alkanes) is 18. The van der Waals surface area contributed by atoms with E-state index < -0.39 is 0 Å². The maximum Gasteiger partial charge on any atom is 0.103 e. The summed E-state index contributed by atoms with van der Waals surface area (Å²) in [5.41, 5.74) is 3.29. The van der Waals surface area contributed by atoms with Gasteiger partial charge in [0.25, 0.3) is 0 Å². The first kappa shape index (κ1) is 28.5. The van der Waals surface area contributed by atoms with Crippen molar-refractivity contribution in [2.45, 2.75) is 181 Å². The number of ether oxygens (including phenoxy) is 1. The Bertz CT molecular complexity index is 493. The Kier molecular flexibility index (Phi) is 16.9. The predicted octanol–water partition coefficient (Wildman–Crippen LogP) is 11.7. The molecule has 33 heavy (non-hydrogen) atoms. The van der Waals surface area contributed by atoms with E-state index in [1.807, 2.05) is 0 Å². The van der Waals surface area contributed by atoms with Crippen LogP contribution in [0.2, 0.25) is 0 Å². The largest absolute Gasteiger partial charge is 0.466 e. The summed E-state index contributed by atoms with van der Waals surface area (Å²) in [7, 11) is 0. The zero-order chi connectivity index (χ0) is 23.4. The van der Waals surface area contributed by atoms with Gasteiger partial charge in [-0.3, -0.25) is 0 Å². The molecule has 0 amide bonds. The minimum absolute atomic E-state index is 1.20. The zero-order valence-electron chi connectivity index (χ0n) is 22.8. The van der Waals surface area contributed by atoms with Crippen molar-refractivity contribution in [3.05, 3.63) is 22.7 Å². The van der Waals surface area contributed by atoms with Crippen molar-refractivity contribution in [1.29, 1.82) is 0 Å². The van der Waals surface area contributed by atoms with Gasteiger partial charge in [0.1, 0.15) is 11.5 Å². The summed E-state index contributed by atoms with van der Waals surface area (Å²) < 4.78 is 6.39. The zero-order valence-corrected chi connectivity index (χ0v) is 22.8. The maximum absolute atomic E-state index is 6.39. The predicted molar refractivity (Wildman–Crippen MR) is 147 cm³/mol. The van der Waals surface area contributed by atoms with E-state index in [2.05, 4.69) is 13.8 Å². The van der Waals surface area contributed by atoms with Crippen molar-refractivity contribution in [3.63, 3.8) is 0 Å². The summed E-state index contributed by atoms with van der Waals surface area (Å²) in [4.78, 5) is 0. The lowest BCUT2D eigenvalue weighted by Crippen LogP contribution is -2.13. The van der Waals surface area contributed by atoms with Crippen LogP contribution in [0.25, 0.3) is 0 Å². The Balaban J connectivity index is 1.45. The Morgan fingerprint density at radius 2 is 0.697 bits per heavy atom. The number of allylic oxidation sites excluding steroid dienone is 4. The summed E-state index contributed by atoms with van der Waals surface area (Å²) in [6.07, 6.45) is 36.2. The summed E-state index contributed by atoms with van der Waals surface area (Å²) in [5, 5.41) is 0. The molecule has 0 bridgehead atoms. The normalized spacial score (nSPS) is 15.7. The van der Waals surface area contributed by atoms with Crippen molar-refractivity contribution in [2.24, 2.45) is 0 Å². The van der Waals surface area contributed by atoms with Crippen molar-refractivity contribution >= 4 is 0 Å². The van der Waals surface area contributed by atoms with E-state index in [0.717, 1.165) is 0 Å². The van der Waals surface area contributed by atoms with Crippen LogP contribution in [-0.4, -0.2) is 0 Å². The topological polar surface area (TPSA) is 9.23 Å². The lowest BCUT2D eigenvalue weighted by Gasteiger charge is -2.30. The van der Waals surface area contributed by atoms with E-state index in [-0.39, 0.29) is 0 Å². The first-order valence-corrected chi connectivity index (χ1v) is 15.4. The molecule has 0 fully saturated rings. The quantitative estimate of drug-likeness (QED) is 0.131. The third kappa shape index (κ3) is 13.1. The van der Waals surface area contributed by atoms with Gasteiger partial charge in [0.15, 0.2) is 0 Å². The minimum atomic E-state index is 1.20. The van der Waals surface area contributed by atoms with Crippen LogP contribution >= 0.6 is 0 Å². The molecule has 2 aliphatic rings. The van der Waals surface area contributed by atoms with Crippen molar-refractivity contribution in [2.75, 3.05) is 0 Å². The number of hydrogen-bond donors (Lipinski definition) is 0. The molecule has 0 aromatic heterocycles. The fourth-order valence-corrected chi connectivity index (χ4v) is 5.38. The fraction of sp³-hybridized carbons (Fsp3) is 0.875. The highest BCUT2D eigenvalue weighted by Crippen LogP contribution is 2.40. The van der Waals surface area contributed by atoms with Gasteiger partial charge in [-0.25, -0.2) is 0 Å². The standard InChI is InChI=1S/C32H58O/c1-3-5-7-9-11-13-15-17-19-21-23-29-25-27-31(29)33-32-28-26-30(32)24-22-20-18-16-14-12-10-8-6-4-2/h3-28H2,1-2H3. The first-order valence-electron chi connectivity index (χ1n) is 15.4. The van der Waals surface area contributed by atoms with Crippen LogP contribution in [-0.2, 0) is 4.74 Å². The maximum atomic E-state index is 6.39. The molecule has 0 spiro atoms. The monoisotopic (exact) mass is 458 g/mol. The highest BCUT2D eigenvalue weighted by atomic mass is 16.5. The van der Waals surface area contributed by atoms with Crippen molar-refractivity contribution in [3.8, 4) is 0 Å². The van der Waals surface area contributed by atoms with Crippen molar-refractivity contribution in [1.82, 2.24) is 0 Å². The Labute approximate surface area is 208 Å². The highest BCUT2D eigenvalue weighted by Gasteiger charge is 2.24. The van der Waals surface area contributed by atoms with E-state index in [0.29, 0.717) is 0 Å². The van der Waals surface area contributed by atoms with Gasteiger partial charge >= 0.3 is 0 Å². The van der Waals surface area contributed by atoms with E-state index in [9.17, 15) is 0 Å². The second kappa shape index (κ2) is 19.6. The van der Waals surface area contributed by atoms with Gasteiger partial charge in [-0.1, -0.05) is 129 Å². The molecule has 0 unspecified atom stereocenters. The minimum Gasteiger partial charge on any atom is -0.466 e. The second-order valence-corrected chi connectivity index (χ2v) is 11.0. The molecule has 192 valence electrons. The Hall–Kier alpha value is -0.720. The SMILES string of the molecule is CCCCCCCCCCCCC1=C(OC2=C(CCCCCCCCCCCC)CC2)CC1.